The Morgan fingerprint density at radius 2 is 1.76 bits per heavy atom. The minimum absolute atomic E-state index is 0.196. The van der Waals surface area contributed by atoms with Gasteiger partial charge in [-0.05, 0) is 18.2 Å². The quantitative estimate of drug-likeness (QED) is 0.463. The number of rotatable bonds is 3. The second-order valence-electron chi connectivity index (χ2n) is 5.59. The Kier molecular flexibility index (Phi) is 3.66. The monoisotopic (exact) mass is 333 g/mol. The summed E-state index contributed by atoms with van der Waals surface area (Å²) in [7, 11) is 0. The van der Waals surface area contributed by atoms with Crippen molar-refractivity contribution in [2.24, 2.45) is 0 Å². The third-order valence-corrected chi connectivity index (χ3v) is 3.92. The van der Waals surface area contributed by atoms with E-state index in [1.165, 1.54) is 0 Å². The van der Waals surface area contributed by atoms with E-state index < -0.39 is 11.9 Å². The van der Waals surface area contributed by atoms with E-state index >= 15 is 0 Å². The summed E-state index contributed by atoms with van der Waals surface area (Å²) in [5.74, 6) is 0.162. The average Bonchev–Trinajstić information content (AvgIpc) is 3.23. The highest BCUT2D eigenvalue weighted by Gasteiger charge is 2.14. The van der Waals surface area contributed by atoms with E-state index in [9.17, 15) is 9.59 Å². The smallest absolute Gasteiger partial charge is 0.322 e. The molecule has 2 aromatic carbocycles. The molecule has 4 aromatic rings. The van der Waals surface area contributed by atoms with Gasteiger partial charge in [0.05, 0.1) is 23.1 Å². The molecule has 2 heterocycles. The number of aromatic nitrogens is 3. The lowest BCUT2D eigenvalue weighted by molar-refractivity contribution is 0.0965. The molecule has 25 heavy (non-hydrogen) atoms. The fourth-order valence-electron chi connectivity index (χ4n) is 2.73. The average molecular weight is 333 g/mol. The number of imidazole rings is 1. The molecule has 0 saturated heterocycles. The summed E-state index contributed by atoms with van der Waals surface area (Å²) in [5, 5.41) is 5.72. The summed E-state index contributed by atoms with van der Waals surface area (Å²) in [4.78, 5) is 34.7. The molecule has 4 N–H and O–H groups in total. The van der Waals surface area contributed by atoms with Gasteiger partial charge in [-0.3, -0.25) is 10.1 Å². The maximum atomic E-state index is 12.3. The van der Waals surface area contributed by atoms with Crippen molar-refractivity contribution in [1.82, 2.24) is 25.6 Å². The van der Waals surface area contributed by atoms with Gasteiger partial charge in [0.2, 0.25) is 0 Å². The van der Waals surface area contributed by atoms with Gasteiger partial charge in [-0.25, -0.2) is 9.78 Å². The highest BCUT2D eigenvalue weighted by molar-refractivity contribution is 6.11. The number of aromatic amines is 2. The summed E-state index contributed by atoms with van der Waals surface area (Å²) in [6.07, 6.45) is 1.59. The van der Waals surface area contributed by atoms with Gasteiger partial charge in [0, 0.05) is 17.1 Å². The van der Waals surface area contributed by atoms with Gasteiger partial charge in [0.25, 0.3) is 5.91 Å². The Hall–Kier alpha value is -3.61. The Labute approximate surface area is 142 Å². The van der Waals surface area contributed by atoms with E-state index in [1.54, 1.807) is 6.20 Å². The number of H-pyrrole nitrogens is 2. The lowest BCUT2D eigenvalue weighted by atomic mass is 10.1. The topological polar surface area (TPSA) is 103 Å². The molecule has 7 heteroatoms. The standard InChI is InChI=1S/C18H15N5O2/c24-17(12-9-19-13-6-2-1-5-11(12)13)23-18(25)20-10-16-21-14-7-3-4-8-15(14)22-16/h1-9,19H,10H2,(H,21,22)(H2,20,23,24,25). The highest BCUT2D eigenvalue weighted by Crippen LogP contribution is 2.17. The largest absolute Gasteiger partial charge is 0.360 e. The number of hydrogen-bond acceptors (Lipinski definition) is 3. The van der Waals surface area contributed by atoms with Crippen LogP contribution in [-0.2, 0) is 6.54 Å². The number of benzene rings is 2. The van der Waals surface area contributed by atoms with Crippen LogP contribution < -0.4 is 10.6 Å². The second kappa shape index (κ2) is 6.12. The van der Waals surface area contributed by atoms with Gasteiger partial charge in [-0.2, -0.15) is 0 Å². The number of fused-ring (bicyclic) bond motifs is 2. The summed E-state index contributed by atoms with van der Waals surface area (Å²) < 4.78 is 0. The molecular formula is C18H15N5O2. The lowest BCUT2D eigenvalue weighted by Crippen LogP contribution is -2.39. The predicted molar refractivity (Wildman–Crippen MR) is 94.1 cm³/mol. The number of para-hydroxylation sites is 3. The third kappa shape index (κ3) is 2.94. The van der Waals surface area contributed by atoms with Crippen molar-refractivity contribution in [1.29, 1.82) is 0 Å². The molecule has 0 spiro atoms. The molecule has 0 unspecified atom stereocenters. The Morgan fingerprint density at radius 3 is 2.60 bits per heavy atom. The fraction of sp³-hybridized carbons (Fsp3) is 0.0556. The molecule has 0 fully saturated rings. The number of urea groups is 1. The van der Waals surface area contributed by atoms with Gasteiger partial charge >= 0.3 is 6.03 Å². The van der Waals surface area contributed by atoms with E-state index in [0.29, 0.717) is 11.4 Å². The summed E-state index contributed by atoms with van der Waals surface area (Å²) in [6.45, 7) is 0.196. The molecule has 4 rings (SSSR count). The van der Waals surface area contributed by atoms with Crippen LogP contribution in [0.1, 0.15) is 16.2 Å². The van der Waals surface area contributed by atoms with Gasteiger partial charge in [-0.1, -0.05) is 30.3 Å². The van der Waals surface area contributed by atoms with E-state index in [-0.39, 0.29) is 6.54 Å². The van der Waals surface area contributed by atoms with Crippen LogP contribution in [-0.4, -0.2) is 26.9 Å². The molecule has 3 amide bonds. The number of amides is 3. The Balaban J connectivity index is 1.40. The Morgan fingerprint density at radius 1 is 1.00 bits per heavy atom. The van der Waals surface area contributed by atoms with Crippen molar-refractivity contribution in [2.45, 2.75) is 6.54 Å². The number of imide groups is 1. The molecule has 0 aliphatic rings. The van der Waals surface area contributed by atoms with Crippen molar-refractivity contribution in [2.75, 3.05) is 0 Å². The molecule has 2 aromatic heterocycles. The Bertz CT molecular complexity index is 1050. The highest BCUT2D eigenvalue weighted by atomic mass is 16.2. The number of nitrogens with one attached hydrogen (secondary N) is 4. The number of carbonyl (C=O) groups excluding carboxylic acids is 2. The number of carbonyl (C=O) groups is 2. The molecular weight excluding hydrogens is 318 g/mol. The van der Waals surface area contributed by atoms with Gasteiger partial charge in [0.15, 0.2) is 0 Å². The van der Waals surface area contributed by atoms with Crippen LogP contribution in [0, 0.1) is 0 Å². The molecule has 0 radical (unpaired) electrons. The van der Waals surface area contributed by atoms with Crippen LogP contribution in [0.3, 0.4) is 0 Å². The van der Waals surface area contributed by atoms with Crippen LogP contribution >= 0.6 is 0 Å². The van der Waals surface area contributed by atoms with Crippen LogP contribution in [0.2, 0.25) is 0 Å². The van der Waals surface area contributed by atoms with Gasteiger partial charge in [0.1, 0.15) is 5.82 Å². The molecule has 124 valence electrons. The first kappa shape index (κ1) is 14.9. The van der Waals surface area contributed by atoms with E-state index in [0.717, 1.165) is 21.9 Å². The maximum absolute atomic E-state index is 12.3. The van der Waals surface area contributed by atoms with Crippen molar-refractivity contribution in [3.8, 4) is 0 Å². The molecule has 0 atom stereocenters. The SMILES string of the molecule is O=C(NCc1nc2ccccc2[nH]1)NC(=O)c1c[nH]c2ccccc12. The lowest BCUT2D eigenvalue weighted by Gasteiger charge is -2.04. The molecule has 0 aliphatic heterocycles. The first-order valence-electron chi connectivity index (χ1n) is 7.79. The fourth-order valence-corrected chi connectivity index (χ4v) is 2.73. The summed E-state index contributed by atoms with van der Waals surface area (Å²) in [5.41, 5.74) is 2.99. The maximum Gasteiger partial charge on any atom is 0.322 e. The molecule has 0 saturated carbocycles. The van der Waals surface area contributed by atoms with Crippen molar-refractivity contribution < 1.29 is 9.59 Å². The van der Waals surface area contributed by atoms with Crippen LogP contribution in [0.15, 0.2) is 54.7 Å². The van der Waals surface area contributed by atoms with Crippen molar-refractivity contribution >= 4 is 33.9 Å². The summed E-state index contributed by atoms with van der Waals surface area (Å²) in [6, 6.07) is 14.4. The second-order valence-corrected chi connectivity index (χ2v) is 5.59. The van der Waals surface area contributed by atoms with E-state index in [1.807, 2.05) is 48.5 Å². The molecule has 0 aliphatic carbocycles. The number of hydrogen-bond donors (Lipinski definition) is 4. The zero-order valence-electron chi connectivity index (χ0n) is 13.2. The normalized spacial score (nSPS) is 10.9. The molecule has 7 nitrogen and oxygen atoms in total. The van der Waals surface area contributed by atoms with E-state index in [2.05, 4.69) is 25.6 Å². The van der Waals surface area contributed by atoms with E-state index in [4.69, 9.17) is 0 Å². The third-order valence-electron chi connectivity index (χ3n) is 3.92. The first-order chi connectivity index (χ1) is 12.2. The van der Waals surface area contributed by atoms with Crippen molar-refractivity contribution in [3.63, 3.8) is 0 Å². The zero-order valence-corrected chi connectivity index (χ0v) is 13.2. The van der Waals surface area contributed by atoms with Gasteiger partial charge < -0.3 is 15.3 Å². The zero-order chi connectivity index (χ0) is 17.2. The van der Waals surface area contributed by atoms with Crippen LogP contribution in [0.25, 0.3) is 21.9 Å². The molecule has 0 bridgehead atoms. The number of nitrogens with zero attached hydrogens (tertiary/aromatic N) is 1. The predicted octanol–water partition coefficient (Wildman–Crippen LogP) is 2.68. The van der Waals surface area contributed by atoms with Gasteiger partial charge in [-0.15, -0.1) is 0 Å². The van der Waals surface area contributed by atoms with Crippen LogP contribution in [0.5, 0.6) is 0 Å². The minimum atomic E-state index is -0.573. The van der Waals surface area contributed by atoms with Crippen molar-refractivity contribution in [3.05, 3.63) is 66.1 Å². The van der Waals surface area contributed by atoms with Crippen LogP contribution in [0.4, 0.5) is 4.79 Å². The summed E-state index contributed by atoms with van der Waals surface area (Å²) >= 11 is 0. The first-order valence-corrected chi connectivity index (χ1v) is 7.79. The minimum Gasteiger partial charge on any atom is -0.360 e.